The van der Waals surface area contributed by atoms with Crippen molar-refractivity contribution in [2.75, 3.05) is 0 Å². The fourth-order valence-electron chi connectivity index (χ4n) is 8.89. The van der Waals surface area contributed by atoms with E-state index >= 15 is 0 Å². The molecule has 1 aliphatic heterocycles. The molecule has 0 radical (unpaired) electrons. The lowest BCUT2D eigenvalue weighted by Gasteiger charge is -2.32. The van der Waals surface area contributed by atoms with E-state index in [1.54, 1.807) is 0 Å². The van der Waals surface area contributed by atoms with E-state index in [4.69, 9.17) is 9.98 Å². The Balaban J connectivity index is 1.13. The van der Waals surface area contributed by atoms with Crippen LogP contribution in [-0.2, 0) is 0 Å². The van der Waals surface area contributed by atoms with Crippen molar-refractivity contribution in [3.05, 3.63) is 228 Å². The number of nitrogens with zero attached hydrogens (tertiary/aromatic N) is 3. The van der Waals surface area contributed by atoms with Crippen molar-refractivity contribution >= 4 is 51.5 Å². The van der Waals surface area contributed by atoms with Gasteiger partial charge in [0.05, 0.1) is 5.70 Å². The molecule has 0 fully saturated rings. The average Bonchev–Trinajstić information content (AvgIpc) is 3.30. The summed E-state index contributed by atoms with van der Waals surface area (Å²) >= 11 is 0. The number of hydrogen-bond acceptors (Lipinski definition) is 2. The Morgan fingerprint density at radius 3 is 2.00 bits per heavy atom. The van der Waals surface area contributed by atoms with Gasteiger partial charge in [-0.25, -0.2) is 9.98 Å². The van der Waals surface area contributed by atoms with Crippen molar-refractivity contribution in [1.29, 1.82) is 0 Å². The molecule has 0 spiro atoms. The van der Waals surface area contributed by atoms with Gasteiger partial charge in [-0.2, -0.15) is 0 Å². The van der Waals surface area contributed by atoms with Gasteiger partial charge >= 0.3 is 0 Å². The van der Waals surface area contributed by atoms with Crippen LogP contribution in [0.15, 0.2) is 215 Å². The molecule has 58 heavy (non-hydrogen) atoms. The first-order valence-electron chi connectivity index (χ1n) is 20.1. The first kappa shape index (κ1) is 35.2. The molecule has 1 heterocycles. The Labute approximate surface area is 339 Å². The Bertz CT molecular complexity index is 2910. The van der Waals surface area contributed by atoms with Crippen molar-refractivity contribution < 1.29 is 0 Å². The van der Waals surface area contributed by atoms with Crippen LogP contribution in [0.2, 0.25) is 0 Å². The minimum atomic E-state index is 0.136. The largest absolute Gasteiger partial charge is 0.269 e. The molecule has 0 saturated carbocycles. The summed E-state index contributed by atoms with van der Waals surface area (Å²) in [6, 6.07) is 54.2. The molecule has 3 heteroatoms. The van der Waals surface area contributed by atoms with Crippen LogP contribution in [0.1, 0.15) is 46.6 Å². The van der Waals surface area contributed by atoms with Crippen molar-refractivity contribution in [3.63, 3.8) is 0 Å². The second kappa shape index (κ2) is 15.4. The van der Waals surface area contributed by atoms with Crippen LogP contribution in [-0.4, -0.2) is 18.3 Å². The molecule has 3 nitrogen and oxygen atoms in total. The maximum absolute atomic E-state index is 5.34. The first-order chi connectivity index (χ1) is 28.7. The van der Waals surface area contributed by atoms with Crippen LogP contribution >= 0.6 is 0 Å². The molecule has 2 aliphatic carbocycles. The highest BCUT2D eigenvalue weighted by Crippen LogP contribution is 2.45. The van der Waals surface area contributed by atoms with E-state index in [9.17, 15) is 0 Å². The van der Waals surface area contributed by atoms with Crippen molar-refractivity contribution in [1.82, 2.24) is 0 Å². The Morgan fingerprint density at radius 2 is 1.26 bits per heavy atom. The van der Waals surface area contributed by atoms with Crippen LogP contribution in [0.5, 0.6) is 0 Å². The van der Waals surface area contributed by atoms with E-state index in [2.05, 4.69) is 194 Å². The molecule has 3 aliphatic rings. The summed E-state index contributed by atoms with van der Waals surface area (Å²) in [6.07, 6.45) is 18.9. The SMILES string of the molecule is C=C(/N=C(\N=C\c1cccc(C2=CN=CCC2)c1)c1cccc(-c2c3ccccc3c(-c3ccccc3)c3ccccc23)c1)C1=Cc2ccccc2C2C=CC=CC12. The van der Waals surface area contributed by atoms with Crippen LogP contribution in [0.25, 0.3) is 55.4 Å². The van der Waals surface area contributed by atoms with Gasteiger partial charge < -0.3 is 0 Å². The van der Waals surface area contributed by atoms with Gasteiger partial charge in [-0.05, 0) is 108 Å². The molecule has 0 aromatic heterocycles. The molecule has 0 N–H and O–H groups in total. The number of fused-ring (bicyclic) bond motifs is 5. The molecule has 0 bridgehead atoms. The Morgan fingerprint density at radius 1 is 0.621 bits per heavy atom. The summed E-state index contributed by atoms with van der Waals surface area (Å²) in [5.74, 6) is 0.974. The molecule has 10 rings (SSSR count). The number of rotatable bonds is 7. The number of allylic oxidation sites excluding steroid dienone is 6. The molecule has 0 saturated heterocycles. The van der Waals surface area contributed by atoms with Crippen molar-refractivity contribution in [2.45, 2.75) is 18.8 Å². The first-order valence-corrected chi connectivity index (χ1v) is 20.1. The van der Waals surface area contributed by atoms with E-state index in [-0.39, 0.29) is 11.8 Å². The summed E-state index contributed by atoms with van der Waals surface area (Å²) < 4.78 is 0. The number of hydrogen-bond donors (Lipinski definition) is 0. The third-order valence-electron chi connectivity index (χ3n) is 11.6. The molecular weight excluding hydrogens is 703 g/mol. The number of amidine groups is 1. The third-order valence-corrected chi connectivity index (χ3v) is 11.6. The van der Waals surface area contributed by atoms with Gasteiger partial charge in [0.2, 0.25) is 0 Å². The molecule has 0 amide bonds. The van der Waals surface area contributed by atoms with Crippen molar-refractivity contribution in [3.8, 4) is 22.3 Å². The van der Waals surface area contributed by atoms with E-state index < -0.39 is 0 Å². The van der Waals surface area contributed by atoms with Crippen LogP contribution in [0, 0.1) is 5.92 Å². The zero-order chi connectivity index (χ0) is 38.8. The third kappa shape index (κ3) is 6.61. The lowest BCUT2D eigenvalue weighted by Crippen LogP contribution is -2.19. The lowest BCUT2D eigenvalue weighted by atomic mass is 9.72. The predicted octanol–water partition coefficient (Wildman–Crippen LogP) is 13.8. The second-order valence-corrected chi connectivity index (χ2v) is 15.1. The second-order valence-electron chi connectivity index (χ2n) is 15.1. The zero-order valence-electron chi connectivity index (χ0n) is 32.2. The molecule has 2 atom stereocenters. The maximum atomic E-state index is 5.34. The minimum Gasteiger partial charge on any atom is -0.269 e. The predicted molar refractivity (Wildman–Crippen MR) is 247 cm³/mol. The quantitative estimate of drug-likeness (QED) is 0.0886. The monoisotopic (exact) mass is 743 g/mol. The highest BCUT2D eigenvalue weighted by molar-refractivity contribution is 6.21. The summed E-state index contributed by atoms with van der Waals surface area (Å²) in [5, 5.41) is 4.85. The van der Waals surface area contributed by atoms with Crippen molar-refractivity contribution in [2.24, 2.45) is 20.9 Å². The topological polar surface area (TPSA) is 37.1 Å². The van der Waals surface area contributed by atoms with Crippen LogP contribution in [0.3, 0.4) is 0 Å². The van der Waals surface area contributed by atoms with Gasteiger partial charge in [0.15, 0.2) is 5.84 Å². The highest BCUT2D eigenvalue weighted by atomic mass is 14.9. The molecular formula is C55H41N3. The summed E-state index contributed by atoms with van der Waals surface area (Å²) in [5.41, 5.74) is 13.4. The Hall–Kier alpha value is -7.23. The van der Waals surface area contributed by atoms with Gasteiger partial charge in [0.1, 0.15) is 0 Å². The van der Waals surface area contributed by atoms with Crippen LogP contribution < -0.4 is 0 Å². The summed E-state index contributed by atoms with van der Waals surface area (Å²) in [6.45, 7) is 4.63. The number of benzene rings is 7. The zero-order valence-corrected chi connectivity index (χ0v) is 32.2. The van der Waals surface area contributed by atoms with Crippen LogP contribution in [0.4, 0.5) is 0 Å². The minimum absolute atomic E-state index is 0.136. The molecule has 7 aromatic rings. The smallest absolute Gasteiger partial charge is 0.159 e. The number of aliphatic imine (C=N–C) groups is 3. The van der Waals surface area contributed by atoms with Gasteiger partial charge in [0, 0.05) is 36.0 Å². The normalized spacial score (nSPS) is 17.3. The van der Waals surface area contributed by atoms with Gasteiger partial charge in [0.25, 0.3) is 0 Å². The summed E-state index contributed by atoms with van der Waals surface area (Å²) in [7, 11) is 0. The molecule has 276 valence electrons. The lowest BCUT2D eigenvalue weighted by molar-refractivity contribution is 0.659. The molecule has 7 aromatic carbocycles. The summed E-state index contributed by atoms with van der Waals surface area (Å²) in [4.78, 5) is 15.0. The highest BCUT2D eigenvalue weighted by Gasteiger charge is 2.30. The van der Waals surface area contributed by atoms with E-state index in [0.717, 1.165) is 40.7 Å². The van der Waals surface area contributed by atoms with Gasteiger partial charge in [-0.1, -0.05) is 170 Å². The van der Waals surface area contributed by atoms with E-state index in [1.807, 2.05) is 18.6 Å². The van der Waals surface area contributed by atoms with E-state index in [1.165, 1.54) is 54.9 Å². The fourth-order valence-corrected chi connectivity index (χ4v) is 8.89. The Kier molecular flexibility index (Phi) is 9.33. The van der Waals surface area contributed by atoms with E-state index in [0.29, 0.717) is 11.5 Å². The maximum Gasteiger partial charge on any atom is 0.159 e. The standard InChI is InChI=1S/C55H41N3/c1-37(52-34-41-19-5-6-24-45(41)46-25-7-8-26-47(46)52)58-55(57-35-38-16-13-20-40(32-38)44-23-15-31-56-36-44)43-22-14-21-42(33-43)54-50-29-11-9-27-48(50)53(39-17-3-2-4-18-39)49-28-10-12-30-51(49)54/h2-14,16-22,24-36,46-47H,1,15,23H2/b57-35+,58-55-. The average molecular weight is 744 g/mol. The molecule has 2 unspecified atom stereocenters. The van der Waals surface area contributed by atoms with Gasteiger partial charge in [-0.15, -0.1) is 0 Å². The fraction of sp³-hybridized carbons (Fsp3) is 0.0727. The van der Waals surface area contributed by atoms with Gasteiger partial charge in [-0.3, -0.25) is 4.99 Å².